The molecule has 0 bridgehead atoms. The third-order valence-corrected chi connectivity index (χ3v) is 5.63. The van der Waals surface area contributed by atoms with Gasteiger partial charge in [-0.15, -0.1) is 0 Å². The number of rotatable bonds is 9. The van der Waals surface area contributed by atoms with Gasteiger partial charge in [0.15, 0.2) is 0 Å². The Morgan fingerprint density at radius 3 is 2.53 bits per heavy atom. The lowest BCUT2D eigenvalue weighted by atomic mass is 10.0. The molecule has 34 heavy (non-hydrogen) atoms. The van der Waals surface area contributed by atoms with E-state index in [1.165, 1.54) is 6.33 Å². The van der Waals surface area contributed by atoms with E-state index in [0.29, 0.717) is 48.6 Å². The number of anilines is 1. The molecule has 0 atom stereocenters. The van der Waals surface area contributed by atoms with E-state index in [0.717, 1.165) is 16.7 Å². The lowest BCUT2D eigenvalue weighted by Gasteiger charge is -2.19. The fraction of sp³-hybridized carbons (Fsp3) is 0.360. The second kappa shape index (κ2) is 10.9. The number of nitrogen functional groups attached to an aromatic ring is 1. The quantitative estimate of drug-likeness (QED) is 0.375. The third-order valence-electron chi connectivity index (χ3n) is 5.63. The molecule has 9 nitrogen and oxygen atoms in total. The van der Waals surface area contributed by atoms with E-state index in [4.69, 9.17) is 12.3 Å². The van der Waals surface area contributed by atoms with E-state index < -0.39 is 0 Å². The average Bonchev–Trinajstić information content (AvgIpc) is 3.13. The number of nitrogens with two attached hydrogens (primary N) is 1. The Morgan fingerprint density at radius 1 is 1.21 bits per heavy atom. The Morgan fingerprint density at radius 2 is 1.91 bits per heavy atom. The van der Waals surface area contributed by atoms with Crippen LogP contribution in [0.15, 0.2) is 36.3 Å². The van der Waals surface area contributed by atoms with Crippen LogP contribution in [0.1, 0.15) is 17.7 Å². The summed E-state index contributed by atoms with van der Waals surface area (Å²) in [4.78, 5) is 28.9. The van der Waals surface area contributed by atoms with Crippen LogP contribution in [-0.4, -0.2) is 76.2 Å². The Labute approximate surface area is 200 Å². The molecule has 3 rings (SSSR count). The fourth-order valence-electron chi connectivity index (χ4n) is 3.75. The molecule has 0 aliphatic rings. The van der Waals surface area contributed by atoms with Crippen LogP contribution in [0.5, 0.6) is 0 Å². The number of amides is 1. The van der Waals surface area contributed by atoms with Crippen LogP contribution in [0.25, 0.3) is 33.1 Å². The lowest BCUT2D eigenvalue weighted by molar-refractivity contribution is -0.125. The van der Waals surface area contributed by atoms with Gasteiger partial charge in [-0.2, -0.15) is 0 Å². The van der Waals surface area contributed by atoms with Gasteiger partial charge in [-0.05, 0) is 39.1 Å². The van der Waals surface area contributed by atoms with Crippen molar-refractivity contribution in [2.45, 2.75) is 19.9 Å². The summed E-state index contributed by atoms with van der Waals surface area (Å²) in [5.41, 5.74) is 10.3. The van der Waals surface area contributed by atoms with E-state index in [2.05, 4.69) is 14.8 Å². The minimum Gasteiger partial charge on any atom is -0.396 e. The number of carbonyl (C=O) groups is 1. The first-order valence-electron chi connectivity index (χ1n) is 11.1. The van der Waals surface area contributed by atoms with Crippen molar-refractivity contribution in [2.24, 2.45) is 0 Å². The third kappa shape index (κ3) is 5.25. The number of benzene rings is 1. The van der Waals surface area contributed by atoms with Gasteiger partial charge in [-0.3, -0.25) is 4.79 Å². The summed E-state index contributed by atoms with van der Waals surface area (Å²) >= 11 is 0. The number of aromatic nitrogens is 3. The van der Waals surface area contributed by atoms with Gasteiger partial charge < -0.3 is 25.2 Å². The van der Waals surface area contributed by atoms with Crippen molar-refractivity contribution in [1.29, 1.82) is 0 Å². The molecule has 0 radical (unpaired) electrons. The molecule has 0 saturated heterocycles. The van der Waals surface area contributed by atoms with Crippen LogP contribution in [0.3, 0.4) is 0 Å². The monoisotopic (exact) mass is 461 g/mol. The smallest absolute Gasteiger partial charge is 0.252 e. The summed E-state index contributed by atoms with van der Waals surface area (Å²) in [6.07, 6.45) is 3.48. The SMILES string of the molecule is [C-]#[N+]/C(=C\c1c(-c2ccc(C)cc2)c2c(N)ncnc2n1CCCO)C(=O)N(C)CCN(C)C. The summed E-state index contributed by atoms with van der Waals surface area (Å²) < 4.78 is 1.90. The molecule has 0 fully saturated rings. The molecule has 0 spiro atoms. The molecular weight excluding hydrogens is 430 g/mol. The van der Waals surface area contributed by atoms with Crippen LogP contribution in [0.4, 0.5) is 5.82 Å². The lowest BCUT2D eigenvalue weighted by Crippen LogP contribution is -2.33. The Hall–Kier alpha value is -3.74. The van der Waals surface area contributed by atoms with Crippen LogP contribution in [0.2, 0.25) is 0 Å². The molecule has 3 N–H and O–H groups in total. The number of aliphatic hydroxyl groups excluding tert-OH is 1. The highest BCUT2D eigenvalue weighted by Crippen LogP contribution is 2.38. The maximum absolute atomic E-state index is 13.1. The Balaban J connectivity index is 2.26. The van der Waals surface area contributed by atoms with E-state index >= 15 is 0 Å². The summed E-state index contributed by atoms with van der Waals surface area (Å²) in [5, 5.41) is 10.2. The molecule has 9 heteroatoms. The van der Waals surface area contributed by atoms with Crippen molar-refractivity contribution in [2.75, 3.05) is 46.6 Å². The zero-order valence-electron chi connectivity index (χ0n) is 20.1. The van der Waals surface area contributed by atoms with Crippen molar-refractivity contribution in [3.8, 4) is 11.1 Å². The second-order valence-corrected chi connectivity index (χ2v) is 8.48. The number of aryl methyl sites for hydroxylation is 2. The van der Waals surface area contributed by atoms with E-state index in [1.54, 1.807) is 18.0 Å². The highest BCUT2D eigenvalue weighted by molar-refractivity contribution is 6.07. The first-order chi connectivity index (χ1) is 16.3. The number of fused-ring (bicyclic) bond motifs is 1. The van der Waals surface area contributed by atoms with Crippen molar-refractivity contribution in [3.63, 3.8) is 0 Å². The van der Waals surface area contributed by atoms with Crippen molar-refractivity contribution < 1.29 is 9.90 Å². The zero-order chi connectivity index (χ0) is 24.8. The Kier molecular flexibility index (Phi) is 7.99. The standard InChI is InChI=1S/C25H31N7O2/c1-17-7-9-18(10-8-17)21-20(15-19(27-2)25(34)31(5)13-12-30(3)4)32(11-6-14-33)24-22(21)23(26)28-16-29-24/h7-10,15-16,33H,6,11-14H2,1,3-5H3,(H2,26,28,29)/b19-15-. The second-order valence-electron chi connectivity index (χ2n) is 8.48. The molecule has 2 heterocycles. The van der Waals surface area contributed by atoms with Gasteiger partial charge in [-0.25, -0.2) is 14.8 Å². The first kappa shape index (κ1) is 24.9. The molecule has 0 unspecified atom stereocenters. The van der Waals surface area contributed by atoms with Gasteiger partial charge in [0.05, 0.1) is 12.0 Å². The van der Waals surface area contributed by atoms with Crippen LogP contribution < -0.4 is 5.73 Å². The predicted octanol–water partition coefficient (Wildman–Crippen LogP) is 2.65. The van der Waals surface area contributed by atoms with Gasteiger partial charge in [0.1, 0.15) is 17.8 Å². The molecule has 2 aromatic heterocycles. The fourth-order valence-corrected chi connectivity index (χ4v) is 3.75. The predicted molar refractivity (Wildman–Crippen MR) is 135 cm³/mol. The number of hydrogen-bond donors (Lipinski definition) is 2. The van der Waals surface area contributed by atoms with Gasteiger partial charge in [0.2, 0.25) is 0 Å². The van der Waals surface area contributed by atoms with Gasteiger partial charge in [0.25, 0.3) is 11.6 Å². The summed E-state index contributed by atoms with van der Waals surface area (Å²) in [7, 11) is 5.56. The Bertz CT molecular complexity index is 1240. The number of hydrogen-bond acceptors (Lipinski definition) is 6. The number of aliphatic hydroxyl groups is 1. The van der Waals surface area contributed by atoms with E-state index in [9.17, 15) is 9.90 Å². The molecule has 178 valence electrons. The van der Waals surface area contributed by atoms with Crippen molar-refractivity contribution >= 4 is 28.8 Å². The van der Waals surface area contributed by atoms with E-state index in [-0.39, 0.29) is 18.2 Å². The van der Waals surface area contributed by atoms with E-state index in [1.807, 2.05) is 54.8 Å². The topological polar surface area (TPSA) is 105 Å². The highest BCUT2D eigenvalue weighted by atomic mass is 16.3. The van der Waals surface area contributed by atoms with Crippen LogP contribution >= 0.6 is 0 Å². The molecule has 3 aromatic rings. The van der Waals surface area contributed by atoms with Crippen LogP contribution in [-0.2, 0) is 11.3 Å². The molecule has 1 aromatic carbocycles. The average molecular weight is 462 g/mol. The summed E-state index contributed by atoms with van der Waals surface area (Å²) in [6, 6.07) is 7.95. The highest BCUT2D eigenvalue weighted by Gasteiger charge is 2.23. The summed E-state index contributed by atoms with van der Waals surface area (Å²) in [5.74, 6) is -0.0403. The number of likely N-dealkylation sites (N-methyl/N-ethyl adjacent to an activating group) is 2. The van der Waals surface area contributed by atoms with Gasteiger partial charge in [0, 0.05) is 44.5 Å². The van der Waals surface area contributed by atoms with Gasteiger partial charge in [-0.1, -0.05) is 29.8 Å². The molecule has 0 saturated carbocycles. The minimum atomic E-state index is -0.357. The number of carbonyl (C=O) groups excluding carboxylic acids is 1. The van der Waals surface area contributed by atoms with Crippen molar-refractivity contribution in [3.05, 3.63) is 59.0 Å². The van der Waals surface area contributed by atoms with Gasteiger partial charge >= 0.3 is 0 Å². The van der Waals surface area contributed by atoms with Crippen molar-refractivity contribution in [1.82, 2.24) is 24.3 Å². The maximum Gasteiger partial charge on any atom is 0.252 e. The largest absolute Gasteiger partial charge is 0.396 e. The maximum atomic E-state index is 13.1. The molecule has 1 amide bonds. The minimum absolute atomic E-state index is 0.00537. The first-order valence-corrected chi connectivity index (χ1v) is 11.1. The summed E-state index contributed by atoms with van der Waals surface area (Å²) in [6.45, 7) is 11.4. The normalized spacial score (nSPS) is 11.7. The molecular formula is C25H31N7O2. The molecule has 0 aliphatic heterocycles. The van der Waals surface area contributed by atoms with Crippen LogP contribution in [0, 0.1) is 13.5 Å². The number of nitrogens with zero attached hydrogens (tertiary/aromatic N) is 6. The zero-order valence-corrected chi connectivity index (χ0v) is 20.1. The molecule has 0 aliphatic carbocycles.